The van der Waals surface area contributed by atoms with Crippen molar-refractivity contribution in [3.05, 3.63) is 18.0 Å². The minimum absolute atomic E-state index is 0.192. The number of hydrogen-bond donors (Lipinski definition) is 1. The van der Waals surface area contributed by atoms with Gasteiger partial charge in [-0.15, -0.1) is 0 Å². The van der Waals surface area contributed by atoms with E-state index in [-0.39, 0.29) is 6.04 Å². The van der Waals surface area contributed by atoms with Crippen molar-refractivity contribution < 1.29 is 4.39 Å². The number of rotatable bonds is 2. The van der Waals surface area contributed by atoms with Gasteiger partial charge in [-0.1, -0.05) is 0 Å². The Hall–Kier alpha value is -0.900. The Kier molecular flexibility index (Phi) is 2.78. The molecule has 15 heavy (non-hydrogen) atoms. The third kappa shape index (κ3) is 2.56. The van der Waals surface area contributed by atoms with Crippen LogP contribution in [0.5, 0.6) is 0 Å². The van der Waals surface area contributed by atoms with Gasteiger partial charge in [0.2, 0.25) is 0 Å². The minimum Gasteiger partial charge on any atom is -0.328 e. The zero-order chi connectivity index (χ0) is 10.9. The summed E-state index contributed by atoms with van der Waals surface area (Å²) in [6, 6.07) is 2.08. The van der Waals surface area contributed by atoms with Crippen LogP contribution in [0.15, 0.2) is 12.3 Å². The molecule has 1 heterocycles. The van der Waals surface area contributed by atoms with E-state index in [9.17, 15) is 4.39 Å². The zero-order valence-electron chi connectivity index (χ0n) is 9.12. The van der Waals surface area contributed by atoms with Crippen LogP contribution in [-0.2, 0) is 13.5 Å². The average Bonchev–Trinajstić information content (AvgIpc) is 2.57. The summed E-state index contributed by atoms with van der Waals surface area (Å²) in [4.78, 5) is 0. The fourth-order valence-electron chi connectivity index (χ4n) is 2.22. The summed E-state index contributed by atoms with van der Waals surface area (Å²) < 4.78 is 16.1. The van der Waals surface area contributed by atoms with E-state index < -0.39 is 5.67 Å². The standard InChI is InChI=1S/C11H18FN3/c1-15-7-4-10(14-15)8-11(12)5-2-9(13)3-6-11/h4,7,9H,2-3,5-6,8,13H2,1H3. The molecule has 0 aromatic carbocycles. The first-order valence-corrected chi connectivity index (χ1v) is 5.50. The van der Waals surface area contributed by atoms with Crippen LogP contribution in [0.4, 0.5) is 4.39 Å². The fraction of sp³-hybridized carbons (Fsp3) is 0.727. The van der Waals surface area contributed by atoms with Gasteiger partial charge in [0.05, 0.1) is 5.69 Å². The molecule has 1 aliphatic rings. The third-order valence-corrected chi connectivity index (χ3v) is 3.19. The highest BCUT2D eigenvalue weighted by molar-refractivity contribution is 5.05. The Labute approximate surface area is 89.5 Å². The van der Waals surface area contributed by atoms with Gasteiger partial charge in [0.1, 0.15) is 5.67 Å². The molecule has 0 amide bonds. The van der Waals surface area contributed by atoms with Crippen molar-refractivity contribution in [2.24, 2.45) is 12.8 Å². The lowest BCUT2D eigenvalue weighted by Crippen LogP contribution is -2.37. The highest BCUT2D eigenvalue weighted by Gasteiger charge is 2.34. The van der Waals surface area contributed by atoms with E-state index in [0.717, 1.165) is 18.5 Å². The van der Waals surface area contributed by atoms with E-state index in [1.807, 2.05) is 19.3 Å². The van der Waals surface area contributed by atoms with Gasteiger partial charge in [0, 0.05) is 25.7 Å². The summed E-state index contributed by atoms with van der Waals surface area (Å²) in [6.07, 6.45) is 5.02. The van der Waals surface area contributed by atoms with E-state index in [0.29, 0.717) is 19.3 Å². The van der Waals surface area contributed by atoms with E-state index >= 15 is 0 Å². The molecule has 1 aromatic rings. The quantitative estimate of drug-likeness (QED) is 0.807. The van der Waals surface area contributed by atoms with Crippen LogP contribution in [0.2, 0.25) is 0 Å². The summed E-state index contributed by atoms with van der Waals surface area (Å²) in [5.74, 6) is 0. The minimum atomic E-state index is -1.08. The van der Waals surface area contributed by atoms with Crippen LogP contribution in [0.25, 0.3) is 0 Å². The van der Waals surface area contributed by atoms with E-state index in [1.165, 1.54) is 0 Å². The number of halogens is 1. The van der Waals surface area contributed by atoms with Crippen LogP contribution in [0, 0.1) is 0 Å². The first-order chi connectivity index (χ1) is 7.07. The van der Waals surface area contributed by atoms with E-state index in [2.05, 4.69) is 5.10 Å². The molecule has 0 saturated heterocycles. The smallest absolute Gasteiger partial charge is 0.116 e. The second kappa shape index (κ2) is 3.93. The third-order valence-electron chi connectivity index (χ3n) is 3.19. The maximum Gasteiger partial charge on any atom is 0.116 e. The van der Waals surface area contributed by atoms with Gasteiger partial charge < -0.3 is 5.73 Å². The summed E-state index contributed by atoms with van der Waals surface area (Å²) >= 11 is 0. The molecule has 3 nitrogen and oxygen atoms in total. The molecule has 1 aromatic heterocycles. The molecule has 0 atom stereocenters. The van der Waals surface area contributed by atoms with E-state index in [4.69, 9.17) is 5.73 Å². The van der Waals surface area contributed by atoms with Gasteiger partial charge in [0.25, 0.3) is 0 Å². The highest BCUT2D eigenvalue weighted by atomic mass is 19.1. The lowest BCUT2D eigenvalue weighted by atomic mass is 9.81. The van der Waals surface area contributed by atoms with Crippen molar-refractivity contribution in [1.82, 2.24) is 9.78 Å². The number of alkyl halides is 1. The molecule has 2 N–H and O–H groups in total. The number of aryl methyl sites for hydroxylation is 1. The van der Waals surface area contributed by atoms with Crippen molar-refractivity contribution in [2.45, 2.75) is 43.8 Å². The molecule has 84 valence electrons. The lowest BCUT2D eigenvalue weighted by molar-refractivity contribution is 0.0982. The van der Waals surface area contributed by atoms with Gasteiger partial charge >= 0.3 is 0 Å². The van der Waals surface area contributed by atoms with Crippen molar-refractivity contribution in [1.29, 1.82) is 0 Å². The predicted molar refractivity (Wildman–Crippen MR) is 57.2 cm³/mol. The summed E-state index contributed by atoms with van der Waals surface area (Å²) in [7, 11) is 1.85. The molecule has 4 heteroatoms. The number of nitrogens with two attached hydrogens (primary N) is 1. The summed E-state index contributed by atoms with van der Waals surface area (Å²) in [5, 5.41) is 4.21. The molecule has 2 rings (SSSR count). The highest BCUT2D eigenvalue weighted by Crippen LogP contribution is 2.33. The van der Waals surface area contributed by atoms with Gasteiger partial charge in [-0.3, -0.25) is 4.68 Å². The molecule has 1 fully saturated rings. The lowest BCUT2D eigenvalue weighted by Gasteiger charge is -2.31. The van der Waals surface area contributed by atoms with Crippen molar-refractivity contribution in [3.63, 3.8) is 0 Å². The Bertz CT molecular complexity index is 326. The van der Waals surface area contributed by atoms with Crippen LogP contribution >= 0.6 is 0 Å². The van der Waals surface area contributed by atoms with E-state index in [1.54, 1.807) is 4.68 Å². The molecular weight excluding hydrogens is 193 g/mol. The van der Waals surface area contributed by atoms with Crippen LogP contribution in [0.1, 0.15) is 31.4 Å². The van der Waals surface area contributed by atoms with Gasteiger partial charge in [-0.2, -0.15) is 5.10 Å². The Morgan fingerprint density at radius 2 is 2.27 bits per heavy atom. The Balaban J connectivity index is 1.99. The van der Waals surface area contributed by atoms with Gasteiger partial charge in [-0.05, 0) is 31.7 Å². The second-order valence-corrected chi connectivity index (χ2v) is 4.65. The van der Waals surface area contributed by atoms with Crippen molar-refractivity contribution in [3.8, 4) is 0 Å². The van der Waals surface area contributed by atoms with Crippen LogP contribution < -0.4 is 5.73 Å². The molecule has 1 aliphatic carbocycles. The second-order valence-electron chi connectivity index (χ2n) is 4.65. The molecule has 1 saturated carbocycles. The van der Waals surface area contributed by atoms with Crippen molar-refractivity contribution >= 4 is 0 Å². The normalized spacial score (nSPS) is 31.8. The molecule has 0 radical (unpaired) electrons. The number of hydrogen-bond acceptors (Lipinski definition) is 2. The molecular formula is C11H18FN3. The average molecular weight is 211 g/mol. The van der Waals surface area contributed by atoms with Gasteiger partial charge in [-0.25, -0.2) is 4.39 Å². The zero-order valence-corrected chi connectivity index (χ0v) is 9.12. The Morgan fingerprint density at radius 3 is 2.80 bits per heavy atom. The molecule has 0 aliphatic heterocycles. The van der Waals surface area contributed by atoms with Crippen LogP contribution in [-0.4, -0.2) is 21.5 Å². The first kappa shape index (κ1) is 10.6. The predicted octanol–water partition coefficient (Wildman–Crippen LogP) is 1.57. The molecule has 0 spiro atoms. The molecule has 0 unspecified atom stereocenters. The Morgan fingerprint density at radius 1 is 1.60 bits per heavy atom. The van der Waals surface area contributed by atoms with Gasteiger partial charge in [0.15, 0.2) is 0 Å². The fourth-order valence-corrected chi connectivity index (χ4v) is 2.22. The maximum absolute atomic E-state index is 14.3. The maximum atomic E-state index is 14.3. The largest absolute Gasteiger partial charge is 0.328 e. The summed E-state index contributed by atoms with van der Waals surface area (Å²) in [5.41, 5.74) is 5.53. The monoisotopic (exact) mass is 211 g/mol. The number of aromatic nitrogens is 2. The number of nitrogens with zero attached hydrogens (tertiary/aromatic N) is 2. The van der Waals surface area contributed by atoms with Crippen LogP contribution in [0.3, 0.4) is 0 Å². The topological polar surface area (TPSA) is 43.8 Å². The SMILES string of the molecule is Cn1ccc(CC2(F)CCC(N)CC2)n1. The molecule has 0 bridgehead atoms. The summed E-state index contributed by atoms with van der Waals surface area (Å²) in [6.45, 7) is 0. The first-order valence-electron chi connectivity index (χ1n) is 5.50. The van der Waals surface area contributed by atoms with Crippen molar-refractivity contribution in [2.75, 3.05) is 0 Å².